The van der Waals surface area contributed by atoms with Crippen LogP contribution in [0.15, 0.2) is 72.8 Å². The first kappa shape index (κ1) is 24.5. The molecule has 2 atom stereocenters. The van der Waals surface area contributed by atoms with Gasteiger partial charge in [0.1, 0.15) is 11.9 Å². The molecule has 0 aliphatic carbocycles. The minimum absolute atomic E-state index is 0.214. The predicted molar refractivity (Wildman–Crippen MR) is 120 cm³/mol. The molecule has 3 aromatic carbocycles. The smallest absolute Gasteiger partial charge is 0.358 e. The van der Waals surface area contributed by atoms with E-state index in [1.54, 1.807) is 19.2 Å². The largest absolute Gasteiger partial charge is 0.416 e. The van der Waals surface area contributed by atoms with Crippen LogP contribution in [0.1, 0.15) is 46.2 Å². The summed E-state index contributed by atoms with van der Waals surface area (Å²) in [5.41, 5.74) is 1.86. The molecule has 0 heterocycles. The van der Waals surface area contributed by atoms with Gasteiger partial charge >= 0.3 is 6.18 Å². The van der Waals surface area contributed by atoms with Gasteiger partial charge in [-0.25, -0.2) is 4.39 Å². The van der Waals surface area contributed by atoms with Crippen LogP contribution in [0.4, 0.5) is 17.6 Å². The lowest BCUT2D eigenvalue weighted by molar-refractivity contribution is -0.137. The second-order valence-corrected chi connectivity index (χ2v) is 7.90. The van der Waals surface area contributed by atoms with Gasteiger partial charge in [-0.1, -0.05) is 60.2 Å². The summed E-state index contributed by atoms with van der Waals surface area (Å²) in [5.74, 6) is -1.12. The van der Waals surface area contributed by atoms with E-state index in [1.165, 1.54) is 18.2 Å². The third-order valence-corrected chi connectivity index (χ3v) is 5.59. The zero-order valence-electron chi connectivity index (χ0n) is 18.4. The molecule has 0 spiro atoms. The summed E-state index contributed by atoms with van der Waals surface area (Å²) in [6.45, 7) is 2.17. The fraction of sp³-hybridized carbons (Fsp3) is 0.269. The molecule has 174 valence electrons. The molecule has 0 fully saturated rings. The molecule has 2 N–H and O–H groups in total. The van der Waals surface area contributed by atoms with Crippen LogP contribution in [-0.2, 0) is 11.0 Å². The highest BCUT2D eigenvalue weighted by atomic mass is 19.4. The molecular formula is C26H26F4N2O. The van der Waals surface area contributed by atoms with Crippen molar-refractivity contribution in [2.75, 3.05) is 13.6 Å². The van der Waals surface area contributed by atoms with Crippen molar-refractivity contribution >= 4 is 5.91 Å². The number of hydrogen-bond donors (Lipinski definition) is 2. The SMILES string of the molecule is CNC(=O)C(NCCC(c1ccc(C(F)(F)F)cc1)c1cc(C)ccc1F)c1ccccc1. The first-order chi connectivity index (χ1) is 15.7. The van der Waals surface area contributed by atoms with Gasteiger partial charge in [0.15, 0.2) is 0 Å². The molecule has 0 saturated heterocycles. The summed E-state index contributed by atoms with van der Waals surface area (Å²) in [6.07, 6.45) is -4.06. The van der Waals surface area contributed by atoms with Gasteiger partial charge in [-0.3, -0.25) is 4.79 Å². The van der Waals surface area contributed by atoms with Gasteiger partial charge in [0, 0.05) is 13.0 Å². The first-order valence-electron chi connectivity index (χ1n) is 10.6. The highest BCUT2D eigenvalue weighted by Gasteiger charge is 2.30. The van der Waals surface area contributed by atoms with Crippen molar-refractivity contribution in [1.29, 1.82) is 0 Å². The Bertz CT molecular complexity index is 1070. The van der Waals surface area contributed by atoms with Gasteiger partial charge in [0.05, 0.1) is 5.56 Å². The first-order valence-corrected chi connectivity index (χ1v) is 10.6. The standard InChI is InChI=1S/C26H26F4N2O/c1-17-8-13-23(27)22(16-17)21(18-9-11-20(12-10-18)26(28,29)30)14-15-32-24(25(33)31-2)19-6-4-3-5-7-19/h3-13,16,21,24,32H,14-15H2,1-2H3,(H,31,33). The number of likely N-dealkylation sites (N-methyl/N-ethyl adjacent to an activating group) is 1. The van der Waals surface area contributed by atoms with Crippen LogP contribution in [0, 0.1) is 12.7 Å². The molecule has 1 amide bonds. The van der Waals surface area contributed by atoms with E-state index in [9.17, 15) is 22.4 Å². The third-order valence-electron chi connectivity index (χ3n) is 5.59. The Morgan fingerprint density at radius 2 is 1.61 bits per heavy atom. The van der Waals surface area contributed by atoms with Gasteiger partial charge in [-0.05, 0) is 54.8 Å². The third kappa shape index (κ3) is 6.20. The quantitative estimate of drug-likeness (QED) is 0.422. The van der Waals surface area contributed by atoms with E-state index in [2.05, 4.69) is 10.6 Å². The molecule has 33 heavy (non-hydrogen) atoms. The number of nitrogens with one attached hydrogen (secondary N) is 2. The number of amides is 1. The molecule has 2 unspecified atom stereocenters. The predicted octanol–water partition coefficient (Wildman–Crippen LogP) is 5.75. The van der Waals surface area contributed by atoms with Gasteiger partial charge in [0.25, 0.3) is 0 Å². The van der Waals surface area contributed by atoms with E-state index in [4.69, 9.17) is 0 Å². The van der Waals surface area contributed by atoms with Gasteiger partial charge in [-0.2, -0.15) is 13.2 Å². The van der Waals surface area contributed by atoms with Crippen LogP contribution >= 0.6 is 0 Å². The van der Waals surface area contributed by atoms with Crippen LogP contribution in [0.2, 0.25) is 0 Å². The molecule has 0 aliphatic rings. The summed E-state index contributed by atoms with van der Waals surface area (Å²) < 4.78 is 53.8. The van der Waals surface area contributed by atoms with Crippen LogP contribution in [0.3, 0.4) is 0 Å². The Hall–Kier alpha value is -3.19. The van der Waals surface area contributed by atoms with Crippen LogP contribution in [0.5, 0.6) is 0 Å². The molecule has 0 aliphatic heterocycles. The Kier molecular flexibility index (Phi) is 7.87. The van der Waals surface area contributed by atoms with Crippen molar-refractivity contribution in [3.63, 3.8) is 0 Å². The zero-order valence-corrected chi connectivity index (χ0v) is 18.4. The summed E-state index contributed by atoms with van der Waals surface area (Å²) >= 11 is 0. The fourth-order valence-electron chi connectivity index (χ4n) is 3.86. The minimum atomic E-state index is -4.44. The number of carbonyl (C=O) groups is 1. The Morgan fingerprint density at radius 3 is 2.21 bits per heavy atom. The normalized spacial score (nSPS) is 13.4. The molecule has 3 nitrogen and oxygen atoms in total. The molecule has 0 bridgehead atoms. The minimum Gasteiger partial charge on any atom is -0.358 e. The van der Waals surface area contributed by atoms with Gasteiger partial charge in [0.2, 0.25) is 5.91 Å². The van der Waals surface area contributed by atoms with Crippen molar-refractivity contribution in [3.8, 4) is 0 Å². The molecular weight excluding hydrogens is 432 g/mol. The maximum absolute atomic E-state index is 14.7. The average Bonchev–Trinajstić information content (AvgIpc) is 2.81. The Labute approximate surface area is 190 Å². The van der Waals surface area contributed by atoms with Crippen molar-refractivity contribution < 1.29 is 22.4 Å². The topological polar surface area (TPSA) is 41.1 Å². The van der Waals surface area contributed by atoms with E-state index in [-0.39, 0.29) is 5.91 Å². The molecule has 3 rings (SSSR count). The highest BCUT2D eigenvalue weighted by Crippen LogP contribution is 2.34. The monoisotopic (exact) mass is 458 g/mol. The lowest BCUT2D eigenvalue weighted by Crippen LogP contribution is -2.36. The van der Waals surface area contributed by atoms with Gasteiger partial charge < -0.3 is 10.6 Å². The number of rotatable bonds is 8. The lowest BCUT2D eigenvalue weighted by Gasteiger charge is -2.23. The van der Waals surface area contributed by atoms with Crippen molar-refractivity contribution in [2.24, 2.45) is 0 Å². The number of benzene rings is 3. The van der Waals surface area contributed by atoms with Crippen molar-refractivity contribution in [3.05, 3.63) is 106 Å². The molecule has 3 aromatic rings. The Morgan fingerprint density at radius 1 is 0.939 bits per heavy atom. The molecule has 7 heteroatoms. The average molecular weight is 458 g/mol. The lowest BCUT2D eigenvalue weighted by atomic mass is 9.86. The maximum atomic E-state index is 14.7. The summed E-state index contributed by atoms with van der Waals surface area (Å²) in [6, 6.07) is 18.1. The van der Waals surface area contributed by atoms with Crippen LogP contribution in [0.25, 0.3) is 0 Å². The van der Waals surface area contributed by atoms with E-state index in [1.807, 2.05) is 37.3 Å². The van der Waals surface area contributed by atoms with Gasteiger partial charge in [-0.15, -0.1) is 0 Å². The number of alkyl halides is 3. The fourth-order valence-corrected chi connectivity index (χ4v) is 3.86. The molecule has 0 aromatic heterocycles. The number of carbonyl (C=O) groups excluding carboxylic acids is 1. The highest BCUT2D eigenvalue weighted by molar-refractivity contribution is 5.82. The van der Waals surface area contributed by atoms with Crippen LogP contribution in [-0.4, -0.2) is 19.5 Å². The van der Waals surface area contributed by atoms with Crippen LogP contribution < -0.4 is 10.6 Å². The number of hydrogen-bond acceptors (Lipinski definition) is 2. The summed E-state index contributed by atoms with van der Waals surface area (Å²) in [7, 11) is 1.55. The molecule has 0 saturated carbocycles. The van der Waals surface area contributed by atoms with Crippen molar-refractivity contribution in [2.45, 2.75) is 31.5 Å². The second-order valence-electron chi connectivity index (χ2n) is 7.90. The summed E-state index contributed by atoms with van der Waals surface area (Å²) in [5, 5.41) is 5.85. The van der Waals surface area contributed by atoms with E-state index in [0.29, 0.717) is 24.1 Å². The summed E-state index contributed by atoms with van der Waals surface area (Å²) in [4.78, 5) is 12.4. The number of halogens is 4. The number of aryl methyl sites for hydroxylation is 1. The maximum Gasteiger partial charge on any atom is 0.416 e. The molecule has 0 radical (unpaired) electrons. The van der Waals surface area contributed by atoms with E-state index in [0.717, 1.165) is 23.3 Å². The second kappa shape index (κ2) is 10.6. The zero-order chi connectivity index (χ0) is 24.0. The van der Waals surface area contributed by atoms with E-state index >= 15 is 0 Å². The Balaban J connectivity index is 1.87. The van der Waals surface area contributed by atoms with Crippen molar-refractivity contribution in [1.82, 2.24) is 10.6 Å². The van der Waals surface area contributed by atoms with E-state index < -0.39 is 29.5 Å².